The van der Waals surface area contributed by atoms with E-state index in [-0.39, 0.29) is 6.04 Å². The highest BCUT2D eigenvalue weighted by molar-refractivity contribution is 5.32. The molecule has 2 nitrogen and oxygen atoms in total. The van der Waals surface area contributed by atoms with Gasteiger partial charge in [-0.3, -0.25) is 4.98 Å². The van der Waals surface area contributed by atoms with E-state index in [4.69, 9.17) is 5.73 Å². The van der Waals surface area contributed by atoms with Crippen molar-refractivity contribution in [2.24, 2.45) is 5.73 Å². The van der Waals surface area contributed by atoms with Gasteiger partial charge in [0.05, 0.1) is 0 Å². The van der Waals surface area contributed by atoms with Crippen LogP contribution in [-0.4, -0.2) is 4.98 Å². The predicted octanol–water partition coefficient (Wildman–Crippen LogP) is 3.25. The number of aryl methyl sites for hydroxylation is 3. The highest BCUT2D eigenvalue weighted by Crippen LogP contribution is 2.19. The van der Waals surface area contributed by atoms with Crippen molar-refractivity contribution in [3.63, 3.8) is 0 Å². The van der Waals surface area contributed by atoms with Crippen molar-refractivity contribution in [3.05, 3.63) is 64.5 Å². The lowest BCUT2D eigenvalue weighted by Gasteiger charge is -2.14. The molecule has 2 aromatic rings. The highest BCUT2D eigenvalue weighted by Gasteiger charge is 2.09. The number of benzene rings is 1. The summed E-state index contributed by atoms with van der Waals surface area (Å²) in [5, 5.41) is 0. The Kier molecular flexibility index (Phi) is 3.78. The molecule has 0 amide bonds. The molecular formula is C16H20N2. The van der Waals surface area contributed by atoms with E-state index in [1.807, 2.05) is 19.2 Å². The first-order chi connectivity index (χ1) is 8.56. The summed E-state index contributed by atoms with van der Waals surface area (Å²) in [6.07, 6.45) is 2.74. The summed E-state index contributed by atoms with van der Waals surface area (Å²) in [7, 11) is 0. The predicted molar refractivity (Wildman–Crippen MR) is 75.5 cm³/mol. The molecule has 2 rings (SSSR count). The van der Waals surface area contributed by atoms with Gasteiger partial charge in [0.25, 0.3) is 0 Å². The zero-order valence-electron chi connectivity index (χ0n) is 11.3. The van der Waals surface area contributed by atoms with Gasteiger partial charge >= 0.3 is 0 Å². The maximum absolute atomic E-state index is 6.26. The van der Waals surface area contributed by atoms with Crippen molar-refractivity contribution in [2.45, 2.75) is 33.2 Å². The minimum absolute atomic E-state index is 0.0126. The van der Waals surface area contributed by atoms with Crippen LogP contribution in [0.4, 0.5) is 0 Å². The quantitative estimate of drug-likeness (QED) is 0.894. The smallest absolute Gasteiger partial charge is 0.0372 e. The molecular weight excluding hydrogens is 220 g/mol. The van der Waals surface area contributed by atoms with Crippen LogP contribution in [0.15, 0.2) is 36.5 Å². The molecule has 0 saturated heterocycles. The largest absolute Gasteiger partial charge is 0.324 e. The fraction of sp³-hybridized carbons (Fsp3) is 0.312. The molecule has 1 atom stereocenters. The molecule has 0 bridgehead atoms. The first kappa shape index (κ1) is 12.8. The summed E-state index contributed by atoms with van der Waals surface area (Å²) in [4.78, 5) is 4.30. The Morgan fingerprint density at radius 1 is 1.11 bits per heavy atom. The number of rotatable bonds is 3. The normalized spacial score (nSPS) is 12.4. The lowest BCUT2D eigenvalue weighted by atomic mass is 9.96. The Morgan fingerprint density at radius 3 is 2.56 bits per heavy atom. The number of hydrogen-bond donors (Lipinski definition) is 1. The average molecular weight is 240 g/mol. The maximum atomic E-state index is 6.26. The molecule has 0 saturated carbocycles. The lowest BCUT2D eigenvalue weighted by molar-refractivity contribution is 0.713. The Balaban J connectivity index is 2.18. The maximum Gasteiger partial charge on any atom is 0.0372 e. The second-order valence-corrected chi connectivity index (χ2v) is 4.97. The molecule has 0 aliphatic heterocycles. The zero-order chi connectivity index (χ0) is 13.1. The molecule has 2 N–H and O–H groups in total. The number of pyridine rings is 1. The molecule has 0 radical (unpaired) electrons. The lowest BCUT2D eigenvalue weighted by Crippen LogP contribution is -2.14. The Hall–Kier alpha value is -1.67. The summed E-state index contributed by atoms with van der Waals surface area (Å²) in [5.74, 6) is 0. The van der Waals surface area contributed by atoms with Crippen LogP contribution < -0.4 is 5.73 Å². The van der Waals surface area contributed by atoms with Gasteiger partial charge in [0.1, 0.15) is 0 Å². The Labute approximate surface area is 109 Å². The standard InChI is InChI=1S/C16H20N2/c1-11-4-5-12(2)15(8-11)9-16(17)14-7-6-13(3)18-10-14/h4-8,10,16H,9,17H2,1-3H3. The fourth-order valence-corrected chi connectivity index (χ4v) is 2.07. The van der Waals surface area contributed by atoms with Crippen LogP contribution in [0.3, 0.4) is 0 Å². The molecule has 1 aromatic carbocycles. The van der Waals surface area contributed by atoms with Crippen LogP contribution >= 0.6 is 0 Å². The second-order valence-electron chi connectivity index (χ2n) is 4.97. The van der Waals surface area contributed by atoms with Crippen LogP contribution in [0, 0.1) is 20.8 Å². The summed E-state index contributed by atoms with van der Waals surface area (Å²) in [5.41, 5.74) is 12.3. The van der Waals surface area contributed by atoms with Crippen LogP contribution in [-0.2, 0) is 6.42 Å². The SMILES string of the molecule is Cc1ccc(C)c(CC(N)c2ccc(C)nc2)c1. The van der Waals surface area contributed by atoms with Crippen molar-refractivity contribution >= 4 is 0 Å². The van der Waals surface area contributed by atoms with Crippen LogP contribution in [0.5, 0.6) is 0 Å². The Morgan fingerprint density at radius 2 is 1.89 bits per heavy atom. The molecule has 94 valence electrons. The van der Waals surface area contributed by atoms with Gasteiger partial charge in [-0.15, -0.1) is 0 Å². The van der Waals surface area contributed by atoms with Crippen molar-refractivity contribution < 1.29 is 0 Å². The second kappa shape index (κ2) is 5.32. The molecule has 0 aliphatic rings. The third-order valence-corrected chi connectivity index (χ3v) is 3.31. The van der Waals surface area contributed by atoms with E-state index in [0.717, 1.165) is 17.7 Å². The third-order valence-electron chi connectivity index (χ3n) is 3.31. The van der Waals surface area contributed by atoms with Gasteiger partial charge < -0.3 is 5.73 Å². The van der Waals surface area contributed by atoms with E-state index in [9.17, 15) is 0 Å². The minimum Gasteiger partial charge on any atom is -0.324 e. The van der Waals surface area contributed by atoms with Crippen molar-refractivity contribution in [1.29, 1.82) is 0 Å². The zero-order valence-corrected chi connectivity index (χ0v) is 11.3. The van der Waals surface area contributed by atoms with Gasteiger partial charge in [0, 0.05) is 17.9 Å². The first-order valence-corrected chi connectivity index (χ1v) is 6.30. The van der Waals surface area contributed by atoms with E-state index in [0.29, 0.717) is 0 Å². The van der Waals surface area contributed by atoms with Crippen LogP contribution in [0.1, 0.15) is 34.0 Å². The van der Waals surface area contributed by atoms with Crippen molar-refractivity contribution in [3.8, 4) is 0 Å². The molecule has 1 aromatic heterocycles. The number of aromatic nitrogens is 1. The van der Waals surface area contributed by atoms with Crippen LogP contribution in [0.2, 0.25) is 0 Å². The summed E-state index contributed by atoms with van der Waals surface area (Å²) in [6.45, 7) is 6.23. The molecule has 1 unspecified atom stereocenters. The molecule has 0 fully saturated rings. The van der Waals surface area contributed by atoms with Crippen LogP contribution in [0.25, 0.3) is 0 Å². The summed E-state index contributed by atoms with van der Waals surface area (Å²) >= 11 is 0. The monoisotopic (exact) mass is 240 g/mol. The minimum atomic E-state index is 0.0126. The summed E-state index contributed by atoms with van der Waals surface area (Å²) in [6, 6.07) is 10.6. The van der Waals surface area contributed by atoms with E-state index < -0.39 is 0 Å². The van der Waals surface area contributed by atoms with Gasteiger partial charge in [-0.1, -0.05) is 29.8 Å². The van der Waals surface area contributed by atoms with E-state index in [2.05, 4.69) is 43.1 Å². The first-order valence-electron chi connectivity index (χ1n) is 6.30. The number of nitrogens with zero attached hydrogens (tertiary/aromatic N) is 1. The van der Waals surface area contributed by atoms with E-state index >= 15 is 0 Å². The van der Waals surface area contributed by atoms with Crippen molar-refractivity contribution in [2.75, 3.05) is 0 Å². The van der Waals surface area contributed by atoms with Crippen molar-refractivity contribution in [1.82, 2.24) is 4.98 Å². The third kappa shape index (κ3) is 2.96. The van der Waals surface area contributed by atoms with Gasteiger partial charge in [-0.05, 0) is 49.9 Å². The van der Waals surface area contributed by atoms with Gasteiger partial charge in [0.15, 0.2) is 0 Å². The topological polar surface area (TPSA) is 38.9 Å². The molecule has 1 heterocycles. The molecule has 2 heteroatoms. The van der Waals surface area contributed by atoms with Gasteiger partial charge in [-0.25, -0.2) is 0 Å². The molecule has 18 heavy (non-hydrogen) atoms. The average Bonchev–Trinajstić information content (AvgIpc) is 2.34. The van der Waals surface area contributed by atoms with E-state index in [1.54, 1.807) is 0 Å². The number of nitrogens with two attached hydrogens (primary N) is 1. The number of hydrogen-bond acceptors (Lipinski definition) is 2. The fourth-order valence-electron chi connectivity index (χ4n) is 2.07. The molecule has 0 spiro atoms. The van der Waals surface area contributed by atoms with Gasteiger partial charge in [0.2, 0.25) is 0 Å². The van der Waals surface area contributed by atoms with Gasteiger partial charge in [-0.2, -0.15) is 0 Å². The summed E-state index contributed by atoms with van der Waals surface area (Å²) < 4.78 is 0. The Bertz CT molecular complexity index is 529. The molecule has 0 aliphatic carbocycles. The van der Waals surface area contributed by atoms with E-state index in [1.165, 1.54) is 16.7 Å². The highest BCUT2D eigenvalue weighted by atomic mass is 14.7.